The second-order valence-electron chi connectivity index (χ2n) is 4.21. The maximum Gasteiger partial charge on any atom is 0.0968 e. The van der Waals surface area contributed by atoms with Crippen molar-refractivity contribution in [2.24, 2.45) is 4.99 Å². The lowest BCUT2D eigenvalue weighted by Crippen LogP contribution is -2.24. The zero-order valence-corrected chi connectivity index (χ0v) is 9.46. The van der Waals surface area contributed by atoms with Crippen molar-refractivity contribution in [3.05, 3.63) is 35.4 Å². The molecule has 0 saturated carbocycles. The van der Waals surface area contributed by atoms with E-state index in [0.29, 0.717) is 6.04 Å². The first-order valence-corrected chi connectivity index (χ1v) is 5.62. The largest absolute Gasteiger partial charge is 0.367 e. The van der Waals surface area contributed by atoms with Crippen molar-refractivity contribution in [3.63, 3.8) is 0 Å². The van der Waals surface area contributed by atoms with E-state index in [1.54, 1.807) is 0 Å². The van der Waals surface area contributed by atoms with Gasteiger partial charge in [0.2, 0.25) is 0 Å². The van der Waals surface area contributed by atoms with Gasteiger partial charge in [0.15, 0.2) is 0 Å². The predicted octanol–water partition coefficient (Wildman–Crippen LogP) is 2.84. The molecule has 1 aromatic carbocycles. The number of hydrogen-bond acceptors (Lipinski definition) is 2. The fourth-order valence-corrected chi connectivity index (χ4v) is 1.85. The molecule has 0 bridgehead atoms. The van der Waals surface area contributed by atoms with Crippen LogP contribution in [0.2, 0.25) is 0 Å². The highest BCUT2D eigenvalue weighted by Crippen LogP contribution is 2.14. The standard InChI is InChI=1S/C13H18N2/c1-10-5-7-12(8-6-10)11(2)15-13-4-3-9-14-13/h5-8,11H,3-4,9H2,1-2H3,(H,14,15)/t11-/m0/s1. The Kier molecular flexibility index (Phi) is 3.05. The summed E-state index contributed by atoms with van der Waals surface area (Å²) in [7, 11) is 0. The van der Waals surface area contributed by atoms with Gasteiger partial charge < -0.3 is 5.32 Å². The Morgan fingerprint density at radius 2 is 2.00 bits per heavy atom. The Balaban J connectivity index is 2.00. The summed E-state index contributed by atoms with van der Waals surface area (Å²) in [5.41, 5.74) is 2.64. The van der Waals surface area contributed by atoms with Gasteiger partial charge in [-0.25, -0.2) is 0 Å². The Morgan fingerprint density at radius 1 is 1.27 bits per heavy atom. The van der Waals surface area contributed by atoms with E-state index in [-0.39, 0.29) is 0 Å². The molecule has 0 aliphatic carbocycles. The van der Waals surface area contributed by atoms with Gasteiger partial charge in [-0.15, -0.1) is 0 Å². The zero-order valence-electron chi connectivity index (χ0n) is 9.46. The molecular formula is C13H18N2. The average Bonchev–Trinajstić information content (AvgIpc) is 2.71. The topological polar surface area (TPSA) is 24.4 Å². The van der Waals surface area contributed by atoms with Crippen LogP contribution in [0.1, 0.15) is 36.9 Å². The monoisotopic (exact) mass is 202 g/mol. The molecule has 1 heterocycles. The molecule has 1 aliphatic heterocycles. The highest BCUT2D eigenvalue weighted by Gasteiger charge is 2.10. The highest BCUT2D eigenvalue weighted by atomic mass is 15.0. The van der Waals surface area contributed by atoms with Crippen molar-refractivity contribution in [2.75, 3.05) is 6.54 Å². The number of amidine groups is 1. The van der Waals surface area contributed by atoms with E-state index < -0.39 is 0 Å². The third kappa shape index (κ3) is 2.58. The Bertz CT molecular complexity index is 351. The Hall–Kier alpha value is -1.31. The van der Waals surface area contributed by atoms with Crippen LogP contribution in [0.4, 0.5) is 0 Å². The van der Waals surface area contributed by atoms with Crippen molar-refractivity contribution in [2.45, 2.75) is 32.7 Å². The molecule has 0 saturated heterocycles. The molecule has 1 N–H and O–H groups in total. The Morgan fingerprint density at radius 3 is 2.60 bits per heavy atom. The summed E-state index contributed by atoms with van der Waals surface area (Å²) >= 11 is 0. The first kappa shape index (κ1) is 10.2. The molecule has 0 spiro atoms. The molecule has 1 atom stereocenters. The lowest BCUT2D eigenvalue weighted by Gasteiger charge is -2.15. The molecule has 1 aromatic rings. The SMILES string of the molecule is Cc1ccc([C@H](C)NC2=NCCC2)cc1. The fraction of sp³-hybridized carbons (Fsp3) is 0.462. The zero-order chi connectivity index (χ0) is 10.7. The number of hydrogen-bond donors (Lipinski definition) is 1. The van der Waals surface area contributed by atoms with E-state index in [4.69, 9.17) is 0 Å². The number of rotatable bonds is 2. The van der Waals surface area contributed by atoms with Crippen molar-refractivity contribution in [1.29, 1.82) is 0 Å². The maximum absolute atomic E-state index is 4.42. The molecule has 0 aromatic heterocycles. The van der Waals surface area contributed by atoms with Crippen molar-refractivity contribution in [1.82, 2.24) is 5.32 Å². The van der Waals surface area contributed by atoms with Gasteiger partial charge in [-0.3, -0.25) is 4.99 Å². The normalized spacial score (nSPS) is 17.3. The van der Waals surface area contributed by atoms with E-state index in [9.17, 15) is 0 Å². The van der Waals surface area contributed by atoms with Crippen LogP contribution >= 0.6 is 0 Å². The van der Waals surface area contributed by atoms with Crippen LogP contribution < -0.4 is 5.32 Å². The summed E-state index contributed by atoms with van der Waals surface area (Å²) in [6, 6.07) is 9.04. The van der Waals surface area contributed by atoms with Crippen LogP contribution in [0.3, 0.4) is 0 Å². The van der Waals surface area contributed by atoms with Crippen LogP contribution in [0, 0.1) is 6.92 Å². The predicted molar refractivity (Wildman–Crippen MR) is 64.3 cm³/mol. The van der Waals surface area contributed by atoms with E-state index in [2.05, 4.69) is 48.4 Å². The summed E-state index contributed by atoms with van der Waals surface area (Å²) in [5.74, 6) is 1.17. The third-order valence-electron chi connectivity index (χ3n) is 2.83. The molecule has 2 nitrogen and oxygen atoms in total. The van der Waals surface area contributed by atoms with E-state index in [1.165, 1.54) is 23.4 Å². The molecule has 0 amide bonds. The van der Waals surface area contributed by atoms with E-state index >= 15 is 0 Å². The fourth-order valence-electron chi connectivity index (χ4n) is 1.85. The first-order valence-electron chi connectivity index (χ1n) is 5.62. The van der Waals surface area contributed by atoms with Crippen LogP contribution in [-0.4, -0.2) is 12.4 Å². The van der Waals surface area contributed by atoms with Gasteiger partial charge in [0.1, 0.15) is 0 Å². The number of benzene rings is 1. The molecule has 0 unspecified atom stereocenters. The minimum absolute atomic E-state index is 0.363. The van der Waals surface area contributed by atoms with Gasteiger partial charge in [0.05, 0.1) is 5.84 Å². The summed E-state index contributed by atoms with van der Waals surface area (Å²) in [6.07, 6.45) is 2.30. The van der Waals surface area contributed by atoms with Crippen molar-refractivity contribution in [3.8, 4) is 0 Å². The molecule has 80 valence electrons. The molecule has 0 fully saturated rings. The smallest absolute Gasteiger partial charge is 0.0968 e. The van der Waals surface area contributed by atoms with Gasteiger partial charge in [0, 0.05) is 19.0 Å². The van der Waals surface area contributed by atoms with Crippen LogP contribution in [-0.2, 0) is 0 Å². The Labute approximate surface area is 91.4 Å². The summed E-state index contributed by atoms with van der Waals surface area (Å²) in [6.45, 7) is 5.29. The summed E-state index contributed by atoms with van der Waals surface area (Å²) < 4.78 is 0. The second-order valence-corrected chi connectivity index (χ2v) is 4.21. The lowest BCUT2D eigenvalue weighted by molar-refractivity contribution is 0.709. The quantitative estimate of drug-likeness (QED) is 0.783. The van der Waals surface area contributed by atoms with Crippen molar-refractivity contribution < 1.29 is 0 Å². The minimum Gasteiger partial charge on any atom is -0.367 e. The van der Waals surface area contributed by atoms with Gasteiger partial charge in [0.25, 0.3) is 0 Å². The summed E-state index contributed by atoms with van der Waals surface area (Å²) in [4.78, 5) is 4.42. The van der Waals surface area contributed by atoms with Gasteiger partial charge in [-0.05, 0) is 25.8 Å². The third-order valence-corrected chi connectivity index (χ3v) is 2.83. The summed E-state index contributed by atoms with van der Waals surface area (Å²) in [5, 5.41) is 3.46. The molecule has 2 heteroatoms. The van der Waals surface area contributed by atoms with E-state index in [0.717, 1.165) is 13.0 Å². The number of nitrogens with zero attached hydrogens (tertiary/aromatic N) is 1. The molecular weight excluding hydrogens is 184 g/mol. The maximum atomic E-state index is 4.42. The first-order chi connectivity index (χ1) is 7.25. The van der Waals surface area contributed by atoms with Crippen LogP contribution in [0.5, 0.6) is 0 Å². The highest BCUT2D eigenvalue weighted by molar-refractivity contribution is 5.83. The molecule has 1 aliphatic rings. The van der Waals surface area contributed by atoms with Gasteiger partial charge in [-0.1, -0.05) is 29.8 Å². The van der Waals surface area contributed by atoms with Gasteiger partial charge in [-0.2, -0.15) is 0 Å². The molecule has 15 heavy (non-hydrogen) atoms. The lowest BCUT2D eigenvalue weighted by atomic mass is 10.1. The minimum atomic E-state index is 0.363. The van der Waals surface area contributed by atoms with Crippen LogP contribution in [0.15, 0.2) is 29.3 Å². The molecule has 0 radical (unpaired) electrons. The van der Waals surface area contributed by atoms with Gasteiger partial charge >= 0.3 is 0 Å². The number of aliphatic imine (C=N–C) groups is 1. The average molecular weight is 202 g/mol. The number of aryl methyl sites for hydroxylation is 1. The van der Waals surface area contributed by atoms with Crippen LogP contribution in [0.25, 0.3) is 0 Å². The second kappa shape index (κ2) is 4.47. The van der Waals surface area contributed by atoms with E-state index in [1.807, 2.05) is 0 Å². The van der Waals surface area contributed by atoms with Crippen molar-refractivity contribution >= 4 is 5.84 Å². The molecule has 2 rings (SSSR count). The number of nitrogens with one attached hydrogen (secondary N) is 1.